The summed E-state index contributed by atoms with van der Waals surface area (Å²) in [5.74, 6) is -0.216. The molecule has 5 heteroatoms. The van der Waals surface area contributed by atoms with Crippen LogP contribution in [0.3, 0.4) is 0 Å². The van der Waals surface area contributed by atoms with Gasteiger partial charge in [-0.1, -0.05) is 23.7 Å². The van der Waals surface area contributed by atoms with Gasteiger partial charge in [0, 0.05) is 19.6 Å². The molecule has 0 fully saturated rings. The highest BCUT2D eigenvalue weighted by Crippen LogP contribution is 2.20. The first kappa shape index (κ1) is 14.0. The fourth-order valence-electron chi connectivity index (χ4n) is 1.97. The molecule has 0 amide bonds. The van der Waals surface area contributed by atoms with E-state index in [0.717, 1.165) is 23.5 Å². The minimum absolute atomic E-state index is 0.216. The number of nitrogens with zero attached hydrogens (tertiary/aromatic N) is 2. The van der Waals surface area contributed by atoms with Crippen molar-refractivity contribution < 1.29 is 4.39 Å². The van der Waals surface area contributed by atoms with Crippen LogP contribution in [0.2, 0.25) is 5.02 Å². The van der Waals surface area contributed by atoms with E-state index in [1.54, 1.807) is 12.1 Å². The topological polar surface area (TPSA) is 29.9 Å². The molecule has 1 aromatic heterocycles. The van der Waals surface area contributed by atoms with Crippen molar-refractivity contribution in [2.45, 2.75) is 33.5 Å². The van der Waals surface area contributed by atoms with E-state index in [1.165, 1.54) is 12.1 Å². The fourth-order valence-corrected chi connectivity index (χ4v) is 2.17. The molecule has 1 aromatic carbocycles. The van der Waals surface area contributed by atoms with Crippen LogP contribution in [0, 0.1) is 12.7 Å². The SMILES string of the molecule is CCn1nc(C)c(Cl)c1CNCc1ccc(F)cc1. The van der Waals surface area contributed by atoms with Gasteiger partial charge in [-0.15, -0.1) is 0 Å². The third-order valence-corrected chi connectivity index (χ3v) is 3.48. The van der Waals surface area contributed by atoms with E-state index >= 15 is 0 Å². The second-order valence-corrected chi connectivity index (χ2v) is 4.77. The zero-order valence-corrected chi connectivity index (χ0v) is 11.8. The Morgan fingerprint density at radius 3 is 2.58 bits per heavy atom. The lowest BCUT2D eigenvalue weighted by Crippen LogP contribution is -2.16. The normalized spacial score (nSPS) is 10.9. The van der Waals surface area contributed by atoms with Crippen LogP contribution in [0.5, 0.6) is 0 Å². The van der Waals surface area contributed by atoms with Crippen LogP contribution < -0.4 is 5.32 Å². The maximum atomic E-state index is 12.8. The number of benzene rings is 1. The molecule has 0 aliphatic rings. The van der Waals surface area contributed by atoms with Crippen molar-refractivity contribution in [2.75, 3.05) is 0 Å². The summed E-state index contributed by atoms with van der Waals surface area (Å²) < 4.78 is 14.7. The average molecular weight is 282 g/mol. The van der Waals surface area contributed by atoms with Crippen LogP contribution in [0.1, 0.15) is 23.9 Å². The molecule has 0 aliphatic heterocycles. The van der Waals surface area contributed by atoms with E-state index in [2.05, 4.69) is 10.4 Å². The van der Waals surface area contributed by atoms with Gasteiger partial charge in [-0.3, -0.25) is 4.68 Å². The van der Waals surface area contributed by atoms with Gasteiger partial charge >= 0.3 is 0 Å². The molecule has 2 rings (SSSR count). The predicted octanol–water partition coefficient (Wildman–Crippen LogP) is 3.29. The first-order chi connectivity index (χ1) is 9.11. The van der Waals surface area contributed by atoms with Crippen LogP contribution in [-0.4, -0.2) is 9.78 Å². The summed E-state index contributed by atoms with van der Waals surface area (Å²) in [6, 6.07) is 6.47. The molecule has 19 heavy (non-hydrogen) atoms. The van der Waals surface area contributed by atoms with Crippen molar-refractivity contribution in [3.05, 3.63) is 52.1 Å². The van der Waals surface area contributed by atoms with Crippen molar-refractivity contribution in [1.29, 1.82) is 0 Å². The zero-order valence-electron chi connectivity index (χ0n) is 11.1. The third kappa shape index (κ3) is 3.33. The number of nitrogens with one attached hydrogen (secondary N) is 1. The molecule has 1 heterocycles. The summed E-state index contributed by atoms with van der Waals surface area (Å²) in [7, 11) is 0. The number of halogens is 2. The van der Waals surface area contributed by atoms with E-state index < -0.39 is 0 Å². The first-order valence-corrected chi connectivity index (χ1v) is 6.66. The lowest BCUT2D eigenvalue weighted by molar-refractivity contribution is 0.578. The molecule has 102 valence electrons. The van der Waals surface area contributed by atoms with Crippen LogP contribution >= 0.6 is 11.6 Å². The molecule has 0 atom stereocenters. The summed E-state index contributed by atoms with van der Waals surface area (Å²) in [4.78, 5) is 0. The molecule has 0 bridgehead atoms. The third-order valence-electron chi connectivity index (χ3n) is 2.99. The standard InChI is InChI=1S/C14H17ClFN3/c1-3-19-13(14(15)10(2)18-19)9-17-8-11-4-6-12(16)7-5-11/h4-7,17H,3,8-9H2,1-2H3. The Morgan fingerprint density at radius 2 is 1.95 bits per heavy atom. The van der Waals surface area contributed by atoms with Gasteiger partial charge in [0.2, 0.25) is 0 Å². The zero-order chi connectivity index (χ0) is 13.8. The smallest absolute Gasteiger partial charge is 0.123 e. The summed E-state index contributed by atoms with van der Waals surface area (Å²) in [6.07, 6.45) is 0. The predicted molar refractivity (Wildman–Crippen MR) is 74.6 cm³/mol. The Balaban J connectivity index is 1.97. The minimum Gasteiger partial charge on any atom is -0.307 e. The lowest BCUT2D eigenvalue weighted by Gasteiger charge is -2.07. The number of rotatable bonds is 5. The Hall–Kier alpha value is -1.39. The van der Waals surface area contributed by atoms with Gasteiger partial charge in [-0.2, -0.15) is 5.10 Å². The molecular weight excluding hydrogens is 265 g/mol. The fraction of sp³-hybridized carbons (Fsp3) is 0.357. The first-order valence-electron chi connectivity index (χ1n) is 6.28. The quantitative estimate of drug-likeness (QED) is 0.911. The Bertz CT molecular complexity index is 549. The number of hydrogen-bond acceptors (Lipinski definition) is 2. The summed E-state index contributed by atoms with van der Waals surface area (Å²) >= 11 is 6.22. The number of aryl methyl sites for hydroxylation is 2. The maximum Gasteiger partial charge on any atom is 0.123 e. The van der Waals surface area contributed by atoms with Gasteiger partial charge in [0.1, 0.15) is 5.82 Å². The van der Waals surface area contributed by atoms with Crippen molar-refractivity contribution >= 4 is 11.6 Å². The van der Waals surface area contributed by atoms with Gasteiger partial charge < -0.3 is 5.32 Å². The lowest BCUT2D eigenvalue weighted by atomic mass is 10.2. The van der Waals surface area contributed by atoms with Crippen LogP contribution in [0.15, 0.2) is 24.3 Å². The monoisotopic (exact) mass is 281 g/mol. The molecule has 0 spiro atoms. The molecule has 0 radical (unpaired) electrons. The van der Waals surface area contributed by atoms with E-state index in [1.807, 2.05) is 18.5 Å². The maximum absolute atomic E-state index is 12.8. The van der Waals surface area contributed by atoms with E-state index in [-0.39, 0.29) is 5.82 Å². The van der Waals surface area contributed by atoms with E-state index in [0.29, 0.717) is 18.1 Å². The van der Waals surface area contributed by atoms with Gasteiger partial charge in [-0.25, -0.2) is 4.39 Å². The van der Waals surface area contributed by atoms with E-state index in [4.69, 9.17) is 11.6 Å². The molecule has 0 saturated heterocycles. The van der Waals surface area contributed by atoms with E-state index in [9.17, 15) is 4.39 Å². The van der Waals surface area contributed by atoms with Crippen molar-refractivity contribution in [3.8, 4) is 0 Å². The van der Waals surface area contributed by atoms with Crippen LogP contribution in [-0.2, 0) is 19.6 Å². The van der Waals surface area contributed by atoms with Gasteiger partial charge in [0.05, 0.1) is 16.4 Å². The highest BCUT2D eigenvalue weighted by atomic mass is 35.5. The Kier molecular flexibility index (Phi) is 4.56. The number of hydrogen-bond donors (Lipinski definition) is 1. The summed E-state index contributed by atoms with van der Waals surface area (Å²) in [5, 5.41) is 8.38. The minimum atomic E-state index is -0.216. The largest absolute Gasteiger partial charge is 0.307 e. The van der Waals surface area contributed by atoms with Gasteiger partial charge in [0.25, 0.3) is 0 Å². The molecule has 2 aromatic rings. The average Bonchev–Trinajstić information content (AvgIpc) is 2.68. The summed E-state index contributed by atoms with van der Waals surface area (Å²) in [5.41, 5.74) is 2.88. The van der Waals surface area contributed by atoms with Crippen molar-refractivity contribution in [2.24, 2.45) is 0 Å². The highest BCUT2D eigenvalue weighted by molar-refractivity contribution is 6.31. The summed E-state index contributed by atoms with van der Waals surface area (Å²) in [6.45, 7) is 6.04. The molecular formula is C14H17ClFN3. The molecule has 0 saturated carbocycles. The van der Waals surface area contributed by atoms with Gasteiger partial charge in [-0.05, 0) is 31.5 Å². The molecule has 1 N–H and O–H groups in total. The second kappa shape index (κ2) is 6.17. The van der Waals surface area contributed by atoms with Crippen molar-refractivity contribution in [3.63, 3.8) is 0 Å². The van der Waals surface area contributed by atoms with Crippen molar-refractivity contribution in [1.82, 2.24) is 15.1 Å². The van der Waals surface area contributed by atoms with Crippen LogP contribution in [0.4, 0.5) is 4.39 Å². The Morgan fingerprint density at radius 1 is 1.26 bits per heavy atom. The van der Waals surface area contributed by atoms with Gasteiger partial charge in [0.15, 0.2) is 0 Å². The molecule has 3 nitrogen and oxygen atoms in total. The number of aromatic nitrogens is 2. The Labute approximate surface area is 117 Å². The second-order valence-electron chi connectivity index (χ2n) is 4.39. The molecule has 0 unspecified atom stereocenters. The van der Waals surface area contributed by atoms with Crippen LogP contribution in [0.25, 0.3) is 0 Å². The molecule has 0 aliphatic carbocycles. The highest BCUT2D eigenvalue weighted by Gasteiger charge is 2.11.